The highest BCUT2D eigenvalue weighted by molar-refractivity contribution is 5.89. The molecule has 0 radical (unpaired) electrons. The van der Waals surface area contributed by atoms with Gasteiger partial charge in [0.2, 0.25) is 0 Å². The Morgan fingerprint density at radius 3 is 1.23 bits per heavy atom. The van der Waals surface area contributed by atoms with E-state index in [0.29, 0.717) is 0 Å². The quantitative estimate of drug-likeness (QED) is 0.538. The van der Waals surface area contributed by atoms with Gasteiger partial charge in [-0.3, -0.25) is 0 Å². The number of phenols is 2. The Kier molecular flexibility index (Phi) is 3.81. The molecule has 4 nitrogen and oxygen atoms in total. The lowest BCUT2D eigenvalue weighted by Gasteiger charge is -2.13. The van der Waals surface area contributed by atoms with Crippen LogP contribution in [0.2, 0.25) is 0 Å². The van der Waals surface area contributed by atoms with E-state index in [1.807, 2.05) is 50.2 Å². The second-order valence-corrected chi connectivity index (χ2v) is 6.41. The number of fused-ring (bicyclic) bond motifs is 1. The average Bonchev–Trinajstić information content (AvgIpc) is 2.65. The molecule has 1 aromatic heterocycles. The maximum atomic E-state index is 9.61. The molecule has 0 atom stereocenters. The summed E-state index contributed by atoms with van der Waals surface area (Å²) in [4.78, 5) is 9.86. The van der Waals surface area contributed by atoms with Gasteiger partial charge in [0, 0.05) is 11.1 Å². The number of hydrogen-bond donors (Lipinski definition) is 2. The van der Waals surface area contributed by atoms with E-state index < -0.39 is 0 Å². The molecule has 0 unspecified atom stereocenters. The number of aryl methyl sites for hydroxylation is 2. The predicted molar refractivity (Wildman–Crippen MR) is 103 cm³/mol. The Hall–Kier alpha value is -3.40. The summed E-state index contributed by atoms with van der Waals surface area (Å²) in [5, 5.41) is 19.2. The lowest BCUT2D eigenvalue weighted by atomic mass is 10.0. The highest BCUT2D eigenvalue weighted by Gasteiger charge is 2.15. The SMILES string of the molecule is Cc1ccc(C)c2nc(-c3ccc(O)cc3)c(-c3ccc(O)cc3)nc12. The van der Waals surface area contributed by atoms with E-state index in [2.05, 4.69) is 0 Å². The third kappa shape index (κ3) is 2.75. The first-order chi connectivity index (χ1) is 12.5. The van der Waals surface area contributed by atoms with Crippen molar-refractivity contribution in [1.29, 1.82) is 0 Å². The molecule has 2 N–H and O–H groups in total. The predicted octanol–water partition coefficient (Wildman–Crippen LogP) is 4.99. The van der Waals surface area contributed by atoms with Gasteiger partial charge in [-0.1, -0.05) is 12.1 Å². The number of phenolic OH excluding ortho intramolecular Hbond substituents is 2. The van der Waals surface area contributed by atoms with Crippen molar-refractivity contribution in [2.45, 2.75) is 13.8 Å². The first kappa shape index (κ1) is 16.1. The van der Waals surface area contributed by atoms with Gasteiger partial charge >= 0.3 is 0 Å². The van der Waals surface area contributed by atoms with Crippen molar-refractivity contribution < 1.29 is 10.2 Å². The van der Waals surface area contributed by atoms with Crippen molar-refractivity contribution in [1.82, 2.24) is 9.97 Å². The molecule has 4 rings (SSSR count). The zero-order chi connectivity index (χ0) is 18.3. The molecule has 0 saturated carbocycles. The summed E-state index contributed by atoms with van der Waals surface area (Å²) >= 11 is 0. The zero-order valence-electron chi connectivity index (χ0n) is 14.6. The molecule has 128 valence electrons. The number of rotatable bonds is 2. The first-order valence-electron chi connectivity index (χ1n) is 8.40. The molecule has 4 aromatic rings. The largest absolute Gasteiger partial charge is 0.508 e. The minimum absolute atomic E-state index is 0.209. The number of benzene rings is 3. The second kappa shape index (κ2) is 6.15. The molecule has 0 aliphatic heterocycles. The maximum Gasteiger partial charge on any atom is 0.115 e. The fourth-order valence-corrected chi connectivity index (χ4v) is 3.03. The van der Waals surface area contributed by atoms with Crippen molar-refractivity contribution in [2.24, 2.45) is 0 Å². The summed E-state index contributed by atoms with van der Waals surface area (Å²) in [7, 11) is 0. The summed E-state index contributed by atoms with van der Waals surface area (Å²) in [6.07, 6.45) is 0. The first-order valence-corrected chi connectivity index (χ1v) is 8.40. The number of aromatic hydroxyl groups is 2. The minimum atomic E-state index is 0.209. The van der Waals surface area contributed by atoms with Crippen LogP contribution in [0.4, 0.5) is 0 Å². The third-order valence-corrected chi connectivity index (χ3v) is 4.51. The number of hydrogen-bond acceptors (Lipinski definition) is 4. The van der Waals surface area contributed by atoms with E-state index in [1.165, 1.54) is 0 Å². The van der Waals surface area contributed by atoms with Crippen LogP contribution in [0.3, 0.4) is 0 Å². The molecule has 0 amide bonds. The van der Waals surface area contributed by atoms with Crippen LogP contribution in [0.1, 0.15) is 11.1 Å². The highest BCUT2D eigenvalue weighted by Crippen LogP contribution is 2.33. The molecule has 0 fully saturated rings. The molecular formula is C22H18N2O2. The topological polar surface area (TPSA) is 66.2 Å². The van der Waals surface area contributed by atoms with Gasteiger partial charge in [-0.25, -0.2) is 9.97 Å². The van der Waals surface area contributed by atoms with Crippen LogP contribution >= 0.6 is 0 Å². The summed E-state index contributed by atoms with van der Waals surface area (Å²) in [5.74, 6) is 0.418. The fourth-order valence-electron chi connectivity index (χ4n) is 3.03. The van der Waals surface area contributed by atoms with Gasteiger partial charge in [0.15, 0.2) is 0 Å². The van der Waals surface area contributed by atoms with Crippen LogP contribution in [0, 0.1) is 13.8 Å². The maximum absolute atomic E-state index is 9.61. The van der Waals surface area contributed by atoms with Gasteiger partial charge in [0.25, 0.3) is 0 Å². The van der Waals surface area contributed by atoms with Crippen molar-refractivity contribution >= 4 is 11.0 Å². The monoisotopic (exact) mass is 342 g/mol. The molecule has 4 heteroatoms. The van der Waals surface area contributed by atoms with Crippen molar-refractivity contribution in [3.63, 3.8) is 0 Å². The van der Waals surface area contributed by atoms with Gasteiger partial charge in [-0.15, -0.1) is 0 Å². The highest BCUT2D eigenvalue weighted by atomic mass is 16.3. The van der Waals surface area contributed by atoms with Crippen LogP contribution in [0.5, 0.6) is 11.5 Å². The van der Waals surface area contributed by atoms with Crippen molar-refractivity contribution in [3.8, 4) is 34.0 Å². The van der Waals surface area contributed by atoms with E-state index in [9.17, 15) is 10.2 Å². The lowest BCUT2D eigenvalue weighted by molar-refractivity contribution is 0.475. The van der Waals surface area contributed by atoms with Gasteiger partial charge < -0.3 is 10.2 Å². The van der Waals surface area contributed by atoms with E-state index in [1.54, 1.807) is 24.3 Å². The third-order valence-electron chi connectivity index (χ3n) is 4.51. The van der Waals surface area contributed by atoms with Crippen LogP contribution in [-0.4, -0.2) is 20.2 Å². The van der Waals surface area contributed by atoms with Crippen molar-refractivity contribution in [3.05, 3.63) is 71.8 Å². The summed E-state index contributed by atoms with van der Waals surface area (Å²) < 4.78 is 0. The molecule has 26 heavy (non-hydrogen) atoms. The Labute approximate surface area is 151 Å². The molecular weight excluding hydrogens is 324 g/mol. The smallest absolute Gasteiger partial charge is 0.115 e. The van der Waals surface area contributed by atoms with Gasteiger partial charge in [-0.2, -0.15) is 0 Å². The normalized spacial score (nSPS) is 11.0. The molecule has 0 saturated heterocycles. The summed E-state index contributed by atoms with van der Waals surface area (Å²) in [6, 6.07) is 18.0. The van der Waals surface area contributed by atoms with E-state index in [-0.39, 0.29) is 11.5 Å². The van der Waals surface area contributed by atoms with Crippen molar-refractivity contribution in [2.75, 3.05) is 0 Å². The van der Waals surface area contributed by atoms with Crippen LogP contribution in [-0.2, 0) is 0 Å². The minimum Gasteiger partial charge on any atom is -0.508 e. The average molecular weight is 342 g/mol. The standard InChI is InChI=1S/C22H18N2O2/c1-13-3-4-14(2)20-19(13)23-21(15-5-9-17(25)10-6-15)22(24-20)16-7-11-18(26)12-8-16/h3-12,25-26H,1-2H3. The van der Waals surface area contributed by atoms with Crippen LogP contribution in [0.25, 0.3) is 33.5 Å². The zero-order valence-corrected chi connectivity index (χ0v) is 14.6. The number of aromatic nitrogens is 2. The molecule has 0 bridgehead atoms. The molecule has 3 aromatic carbocycles. The fraction of sp³-hybridized carbons (Fsp3) is 0.0909. The molecule has 1 heterocycles. The Bertz CT molecular complexity index is 1010. The Morgan fingerprint density at radius 1 is 0.538 bits per heavy atom. The molecule has 0 aliphatic carbocycles. The van der Waals surface area contributed by atoms with Crippen LogP contribution in [0.15, 0.2) is 60.7 Å². The van der Waals surface area contributed by atoms with E-state index >= 15 is 0 Å². The summed E-state index contributed by atoms with van der Waals surface area (Å²) in [5.41, 5.74) is 7.12. The Balaban J connectivity index is 2.06. The van der Waals surface area contributed by atoms with E-state index in [4.69, 9.17) is 9.97 Å². The van der Waals surface area contributed by atoms with Gasteiger partial charge in [0.1, 0.15) is 11.5 Å². The Morgan fingerprint density at radius 2 is 0.885 bits per heavy atom. The number of nitrogens with zero attached hydrogens (tertiary/aromatic N) is 2. The van der Waals surface area contributed by atoms with Crippen LogP contribution < -0.4 is 0 Å². The van der Waals surface area contributed by atoms with Gasteiger partial charge in [0.05, 0.1) is 22.4 Å². The molecule has 0 spiro atoms. The second-order valence-electron chi connectivity index (χ2n) is 6.41. The summed E-state index contributed by atoms with van der Waals surface area (Å²) in [6.45, 7) is 4.05. The lowest BCUT2D eigenvalue weighted by Crippen LogP contribution is -1.98. The molecule has 0 aliphatic rings. The van der Waals surface area contributed by atoms with E-state index in [0.717, 1.165) is 44.7 Å². The van der Waals surface area contributed by atoms with Gasteiger partial charge in [-0.05, 0) is 73.5 Å².